The number of aliphatic carboxylic acids is 1. The fraction of sp³-hybridized carbons (Fsp3) is 0.938. The van der Waals surface area contributed by atoms with Gasteiger partial charge in [-0.3, -0.25) is 9.69 Å². The molecule has 2 fully saturated rings. The van der Waals surface area contributed by atoms with E-state index < -0.39 is 16.2 Å². The first kappa shape index (κ1) is 19.6. The molecule has 1 N–H and O–H groups in total. The number of carbonyl (C=O) groups is 1. The summed E-state index contributed by atoms with van der Waals surface area (Å²) in [6, 6.07) is 0.125. The Kier molecular flexibility index (Phi) is 6.64. The van der Waals surface area contributed by atoms with E-state index in [1.165, 1.54) is 0 Å². The SMILES string of the molecule is CC1CC(C)CN(S(=O)(=O)N2CCCC(N(C)CC(=O)O)CC2)C1. The van der Waals surface area contributed by atoms with Crippen LogP contribution in [-0.4, -0.2) is 78.8 Å². The second-order valence-electron chi connectivity index (χ2n) is 7.56. The molecule has 8 heteroatoms. The Balaban J connectivity index is 2.00. The Labute approximate surface area is 145 Å². The first-order chi connectivity index (χ1) is 11.2. The maximum atomic E-state index is 13.0. The van der Waals surface area contributed by atoms with Crippen LogP contribution in [-0.2, 0) is 15.0 Å². The number of piperidine rings is 1. The lowest BCUT2D eigenvalue weighted by Crippen LogP contribution is -2.50. The van der Waals surface area contributed by atoms with E-state index in [1.807, 2.05) is 4.90 Å². The number of hydrogen-bond acceptors (Lipinski definition) is 4. The summed E-state index contributed by atoms with van der Waals surface area (Å²) in [6.07, 6.45) is 3.37. The molecule has 2 aliphatic heterocycles. The zero-order chi connectivity index (χ0) is 17.9. The van der Waals surface area contributed by atoms with Gasteiger partial charge in [-0.2, -0.15) is 17.0 Å². The second-order valence-corrected chi connectivity index (χ2v) is 9.49. The molecule has 0 aliphatic carbocycles. The number of carboxylic acid groups (broad SMARTS) is 1. The molecule has 7 nitrogen and oxygen atoms in total. The average Bonchev–Trinajstić information content (AvgIpc) is 2.71. The predicted octanol–water partition coefficient (Wildman–Crippen LogP) is 1.08. The van der Waals surface area contributed by atoms with E-state index in [0.29, 0.717) is 44.4 Å². The molecule has 0 spiro atoms. The molecule has 140 valence electrons. The lowest BCUT2D eigenvalue weighted by molar-refractivity contribution is -0.138. The van der Waals surface area contributed by atoms with E-state index in [9.17, 15) is 13.2 Å². The van der Waals surface area contributed by atoms with Crippen LogP contribution in [0.25, 0.3) is 0 Å². The second kappa shape index (κ2) is 8.12. The van der Waals surface area contributed by atoms with Crippen molar-refractivity contribution in [2.75, 3.05) is 39.8 Å². The predicted molar refractivity (Wildman–Crippen MR) is 92.9 cm³/mol. The van der Waals surface area contributed by atoms with Crippen LogP contribution in [0.4, 0.5) is 0 Å². The summed E-state index contributed by atoms with van der Waals surface area (Å²) in [4.78, 5) is 12.7. The summed E-state index contributed by atoms with van der Waals surface area (Å²) >= 11 is 0. The van der Waals surface area contributed by atoms with E-state index in [0.717, 1.165) is 19.3 Å². The molecule has 2 rings (SSSR count). The standard InChI is InChI=1S/C16H31N3O4S/c1-13-9-14(2)11-19(10-13)24(22,23)18-7-4-5-15(6-8-18)17(3)12-16(20)21/h13-15H,4-12H2,1-3H3,(H,20,21). The Hall–Kier alpha value is -0.700. The van der Waals surface area contributed by atoms with Gasteiger partial charge in [-0.15, -0.1) is 0 Å². The van der Waals surface area contributed by atoms with Crippen molar-refractivity contribution < 1.29 is 18.3 Å². The highest BCUT2D eigenvalue weighted by Gasteiger charge is 2.36. The largest absolute Gasteiger partial charge is 0.480 e. The van der Waals surface area contributed by atoms with Gasteiger partial charge in [0.25, 0.3) is 10.2 Å². The van der Waals surface area contributed by atoms with Gasteiger partial charge in [-0.1, -0.05) is 13.8 Å². The van der Waals surface area contributed by atoms with Crippen LogP contribution in [0.1, 0.15) is 39.5 Å². The Bertz CT molecular complexity index is 529. The smallest absolute Gasteiger partial charge is 0.317 e. The van der Waals surface area contributed by atoms with Crippen LogP contribution in [0, 0.1) is 11.8 Å². The normalized spacial score (nSPS) is 31.1. The van der Waals surface area contributed by atoms with Gasteiger partial charge >= 0.3 is 5.97 Å². The lowest BCUT2D eigenvalue weighted by atomic mass is 9.94. The van der Waals surface area contributed by atoms with E-state index >= 15 is 0 Å². The molecule has 0 aromatic heterocycles. The van der Waals surface area contributed by atoms with Crippen LogP contribution in [0.15, 0.2) is 0 Å². The van der Waals surface area contributed by atoms with Crippen LogP contribution < -0.4 is 0 Å². The quantitative estimate of drug-likeness (QED) is 0.792. The number of hydrogen-bond donors (Lipinski definition) is 1. The van der Waals surface area contributed by atoms with Gasteiger partial charge in [0, 0.05) is 32.2 Å². The topological polar surface area (TPSA) is 81.2 Å². The third-order valence-electron chi connectivity index (χ3n) is 5.15. The van der Waals surface area contributed by atoms with Gasteiger partial charge in [0.1, 0.15) is 0 Å². The van der Waals surface area contributed by atoms with Crippen molar-refractivity contribution in [3.05, 3.63) is 0 Å². The molecule has 0 aromatic rings. The summed E-state index contributed by atoms with van der Waals surface area (Å²) in [5, 5.41) is 8.93. The minimum atomic E-state index is -3.41. The molecule has 0 bridgehead atoms. The zero-order valence-electron chi connectivity index (χ0n) is 15.0. The Morgan fingerprint density at radius 1 is 1.12 bits per heavy atom. The molecule has 0 saturated carbocycles. The summed E-state index contributed by atoms with van der Waals surface area (Å²) < 4.78 is 29.2. The third-order valence-corrected chi connectivity index (χ3v) is 7.12. The fourth-order valence-electron chi connectivity index (χ4n) is 4.02. The van der Waals surface area contributed by atoms with Crippen molar-refractivity contribution in [2.45, 2.75) is 45.6 Å². The Morgan fingerprint density at radius 2 is 1.75 bits per heavy atom. The molecule has 3 unspecified atom stereocenters. The highest BCUT2D eigenvalue weighted by molar-refractivity contribution is 7.86. The number of carboxylic acids is 1. The summed E-state index contributed by atoms with van der Waals surface area (Å²) in [5.74, 6) is -0.0579. The minimum absolute atomic E-state index is 0.00142. The molecular formula is C16H31N3O4S. The molecular weight excluding hydrogens is 330 g/mol. The van der Waals surface area contributed by atoms with E-state index in [-0.39, 0.29) is 12.6 Å². The van der Waals surface area contributed by atoms with Crippen molar-refractivity contribution in [2.24, 2.45) is 11.8 Å². The van der Waals surface area contributed by atoms with Gasteiger partial charge in [-0.05, 0) is 44.6 Å². The van der Waals surface area contributed by atoms with Crippen LogP contribution in [0.3, 0.4) is 0 Å². The summed E-state index contributed by atoms with van der Waals surface area (Å²) in [7, 11) is -1.61. The zero-order valence-corrected chi connectivity index (χ0v) is 15.8. The molecule has 3 atom stereocenters. The molecule has 24 heavy (non-hydrogen) atoms. The van der Waals surface area contributed by atoms with E-state index in [4.69, 9.17) is 5.11 Å². The highest BCUT2D eigenvalue weighted by Crippen LogP contribution is 2.26. The Morgan fingerprint density at radius 3 is 2.33 bits per heavy atom. The summed E-state index contributed by atoms with van der Waals surface area (Å²) in [6.45, 7) is 6.42. The van der Waals surface area contributed by atoms with Crippen molar-refractivity contribution in [1.82, 2.24) is 13.5 Å². The van der Waals surface area contributed by atoms with Crippen molar-refractivity contribution in [1.29, 1.82) is 0 Å². The van der Waals surface area contributed by atoms with Crippen molar-refractivity contribution >= 4 is 16.2 Å². The van der Waals surface area contributed by atoms with Crippen LogP contribution >= 0.6 is 0 Å². The lowest BCUT2D eigenvalue weighted by Gasteiger charge is -2.37. The molecule has 2 aliphatic rings. The van der Waals surface area contributed by atoms with E-state index in [1.54, 1.807) is 15.7 Å². The number of likely N-dealkylation sites (N-methyl/N-ethyl adjacent to an activating group) is 1. The molecule has 2 heterocycles. The minimum Gasteiger partial charge on any atom is -0.480 e. The van der Waals surface area contributed by atoms with Gasteiger partial charge < -0.3 is 5.11 Å². The van der Waals surface area contributed by atoms with E-state index in [2.05, 4.69) is 13.8 Å². The average molecular weight is 362 g/mol. The first-order valence-electron chi connectivity index (χ1n) is 8.87. The molecule has 2 saturated heterocycles. The monoisotopic (exact) mass is 361 g/mol. The molecule has 0 radical (unpaired) electrons. The van der Waals surface area contributed by atoms with Gasteiger partial charge in [0.05, 0.1) is 6.54 Å². The third kappa shape index (κ3) is 4.91. The van der Waals surface area contributed by atoms with Gasteiger partial charge in [-0.25, -0.2) is 0 Å². The van der Waals surface area contributed by atoms with Crippen molar-refractivity contribution in [3.63, 3.8) is 0 Å². The molecule has 0 amide bonds. The maximum absolute atomic E-state index is 13.0. The maximum Gasteiger partial charge on any atom is 0.317 e. The first-order valence-corrected chi connectivity index (χ1v) is 10.3. The van der Waals surface area contributed by atoms with Crippen LogP contribution in [0.2, 0.25) is 0 Å². The van der Waals surface area contributed by atoms with Crippen LogP contribution in [0.5, 0.6) is 0 Å². The van der Waals surface area contributed by atoms with Gasteiger partial charge in [0.15, 0.2) is 0 Å². The number of rotatable bonds is 5. The van der Waals surface area contributed by atoms with Gasteiger partial charge in [0.2, 0.25) is 0 Å². The van der Waals surface area contributed by atoms with Crippen molar-refractivity contribution in [3.8, 4) is 0 Å². The summed E-state index contributed by atoms with van der Waals surface area (Å²) in [5.41, 5.74) is 0. The molecule has 0 aromatic carbocycles. The number of nitrogens with zero attached hydrogens (tertiary/aromatic N) is 3. The highest BCUT2D eigenvalue weighted by atomic mass is 32.2. The fourth-order valence-corrected chi connectivity index (χ4v) is 5.93.